The monoisotopic (exact) mass is 562 g/mol. The molecule has 10 heteroatoms. The van der Waals surface area contributed by atoms with Gasteiger partial charge in [0.25, 0.3) is 11.8 Å². The predicted octanol–water partition coefficient (Wildman–Crippen LogP) is 4.13. The predicted molar refractivity (Wildman–Crippen MR) is 150 cm³/mol. The van der Waals surface area contributed by atoms with Gasteiger partial charge in [-0.25, -0.2) is 13.8 Å². The number of hydrazone groups is 1. The van der Waals surface area contributed by atoms with Crippen LogP contribution in [0.2, 0.25) is 0 Å². The number of carbonyl (C=O) groups excluding carboxylic acids is 2. The Bertz CT molecular complexity index is 1390. The topological polar surface area (TPSA) is 74.7 Å². The number of carbonyl (C=O) groups is 2. The van der Waals surface area contributed by atoms with Crippen LogP contribution >= 0.6 is 0 Å². The van der Waals surface area contributed by atoms with Crippen LogP contribution in [-0.2, 0) is 9.53 Å². The zero-order valence-corrected chi connectivity index (χ0v) is 22.8. The van der Waals surface area contributed by atoms with Crippen molar-refractivity contribution in [2.45, 2.75) is 12.5 Å². The van der Waals surface area contributed by atoms with Crippen LogP contribution in [0.4, 0.5) is 8.78 Å². The van der Waals surface area contributed by atoms with E-state index in [1.165, 1.54) is 40.2 Å². The highest BCUT2D eigenvalue weighted by Crippen LogP contribution is 2.33. The molecular formula is C31H32F2N4O4. The number of benzene rings is 3. The third kappa shape index (κ3) is 6.78. The fraction of sp³-hybridized carbons (Fsp3) is 0.323. The normalized spacial score (nSPS) is 17.3. The van der Waals surface area contributed by atoms with Crippen molar-refractivity contribution in [1.29, 1.82) is 0 Å². The molecule has 5 rings (SSSR count). The summed E-state index contributed by atoms with van der Waals surface area (Å²) in [5, 5.41) is 6.04. The van der Waals surface area contributed by atoms with Gasteiger partial charge in [0, 0.05) is 32.6 Å². The van der Waals surface area contributed by atoms with E-state index in [2.05, 4.69) is 10.0 Å². The zero-order chi connectivity index (χ0) is 28.8. The largest absolute Gasteiger partial charge is 0.497 e. The molecule has 2 heterocycles. The number of ether oxygens (including phenoxy) is 2. The molecule has 1 saturated heterocycles. The summed E-state index contributed by atoms with van der Waals surface area (Å²) < 4.78 is 39.0. The van der Waals surface area contributed by atoms with Crippen molar-refractivity contribution in [3.05, 3.63) is 101 Å². The molecule has 3 aromatic rings. The van der Waals surface area contributed by atoms with Gasteiger partial charge in [0.15, 0.2) is 0 Å². The number of amides is 2. The lowest BCUT2D eigenvalue weighted by Crippen LogP contribution is -2.46. The summed E-state index contributed by atoms with van der Waals surface area (Å²) in [6.45, 7) is 3.05. The van der Waals surface area contributed by atoms with Crippen molar-refractivity contribution in [3.8, 4) is 5.75 Å². The Labute approximate surface area is 237 Å². The zero-order valence-electron chi connectivity index (χ0n) is 22.8. The van der Waals surface area contributed by atoms with Crippen LogP contribution in [0.15, 0.2) is 77.9 Å². The van der Waals surface area contributed by atoms with Crippen LogP contribution in [-0.4, -0.2) is 85.4 Å². The van der Waals surface area contributed by atoms with Crippen molar-refractivity contribution in [1.82, 2.24) is 14.8 Å². The van der Waals surface area contributed by atoms with Gasteiger partial charge >= 0.3 is 0 Å². The number of morpholine rings is 1. The molecule has 0 N–H and O–H groups in total. The maximum Gasteiger partial charge on any atom is 0.262 e. The van der Waals surface area contributed by atoms with Gasteiger partial charge in [0.1, 0.15) is 23.9 Å². The molecule has 0 aliphatic carbocycles. The fourth-order valence-corrected chi connectivity index (χ4v) is 5.02. The van der Waals surface area contributed by atoms with Gasteiger partial charge in [-0.2, -0.15) is 5.10 Å². The SMILES string of the molecule is COc1ccc(C2=NN(C(=O)CN(CCN3CCOCC3)C(=O)c3ccccc3F)[C@@H](c3ccc(F)cc3)C2)cc1. The molecule has 3 aromatic carbocycles. The molecule has 0 aromatic heterocycles. The number of hydrogen-bond acceptors (Lipinski definition) is 6. The second-order valence-corrected chi connectivity index (χ2v) is 9.95. The Morgan fingerprint density at radius 1 is 1.00 bits per heavy atom. The van der Waals surface area contributed by atoms with E-state index in [1.54, 1.807) is 25.3 Å². The Hall–Kier alpha value is -4.15. The minimum absolute atomic E-state index is 0.0961. The maximum absolute atomic E-state index is 14.6. The van der Waals surface area contributed by atoms with Crippen LogP contribution in [0.1, 0.15) is 33.9 Å². The van der Waals surface area contributed by atoms with Gasteiger partial charge in [-0.05, 0) is 59.7 Å². The van der Waals surface area contributed by atoms with Gasteiger partial charge < -0.3 is 14.4 Å². The summed E-state index contributed by atoms with van der Waals surface area (Å²) in [5.74, 6) is -1.33. The summed E-state index contributed by atoms with van der Waals surface area (Å²) in [6.07, 6.45) is 0.402. The molecule has 214 valence electrons. The molecule has 41 heavy (non-hydrogen) atoms. The highest BCUT2D eigenvalue weighted by molar-refractivity contribution is 6.04. The molecule has 2 aliphatic rings. The number of rotatable bonds is 9. The van der Waals surface area contributed by atoms with E-state index in [4.69, 9.17) is 9.47 Å². The summed E-state index contributed by atoms with van der Waals surface area (Å²) in [7, 11) is 1.58. The molecule has 2 amide bonds. The van der Waals surface area contributed by atoms with Crippen molar-refractivity contribution in [3.63, 3.8) is 0 Å². The highest BCUT2D eigenvalue weighted by atomic mass is 19.1. The summed E-state index contributed by atoms with van der Waals surface area (Å²) in [4.78, 5) is 30.9. The first-order valence-corrected chi connectivity index (χ1v) is 13.6. The van der Waals surface area contributed by atoms with Gasteiger partial charge in [0.05, 0.1) is 37.6 Å². The maximum atomic E-state index is 14.6. The first-order chi connectivity index (χ1) is 19.9. The van der Waals surface area contributed by atoms with Gasteiger partial charge in [-0.3, -0.25) is 14.5 Å². The van der Waals surface area contributed by atoms with Gasteiger partial charge in [-0.1, -0.05) is 24.3 Å². The molecule has 8 nitrogen and oxygen atoms in total. The molecule has 0 saturated carbocycles. The summed E-state index contributed by atoms with van der Waals surface area (Å²) in [5.41, 5.74) is 2.11. The average molecular weight is 563 g/mol. The molecule has 0 unspecified atom stereocenters. The molecular weight excluding hydrogens is 530 g/mol. The summed E-state index contributed by atoms with van der Waals surface area (Å²) in [6, 6.07) is 18.6. The van der Waals surface area contributed by atoms with E-state index in [0.29, 0.717) is 56.3 Å². The standard InChI is InChI=1S/C31H32F2N4O4/c1-40-25-12-8-22(9-13-25)28-20-29(23-6-10-24(32)11-7-23)37(34-28)30(38)21-36(15-14-35-16-18-41-19-17-35)31(39)26-4-2-3-5-27(26)33/h2-13,29H,14-21H2,1H3/t29-/m1/s1. The first-order valence-electron chi connectivity index (χ1n) is 13.6. The van der Waals surface area contributed by atoms with E-state index >= 15 is 0 Å². The lowest BCUT2D eigenvalue weighted by molar-refractivity contribution is -0.133. The van der Waals surface area contributed by atoms with E-state index in [-0.39, 0.29) is 24.5 Å². The lowest BCUT2D eigenvalue weighted by Gasteiger charge is -2.31. The number of halogens is 2. The smallest absolute Gasteiger partial charge is 0.262 e. The molecule has 0 spiro atoms. The Morgan fingerprint density at radius 3 is 2.39 bits per heavy atom. The van der Waals surface area contributed by atoms with Crippen LogP contribution in [0.5, 0.6) is 5.75 Å². The number of nitrogens with zero attached hydrogens (tertiary/aromatic N) is 4. The van der Waals surface area contributed by atoms with Crippen LogP contribution in [0.25, 0.3) is 0 Å². The summed E-state index contributed by atoms with van der Waals surface area (Å²) >= 11 is 0. The Kier molecular flexibility index (Phi) is 9.01. The van der Waals surface area contributed by atoms with Crippen molar-refractivity contribution < 1.29 is 27.8 Å². The van der Waals surface area contributed by atoms with Crippen molar-refractivity contribution in [2.75, 3.05) is 53.0 Å². The Balaban J connectivity index is 1.42. The second kappa shape index (κ2) is 13.0. The highest BCUT2D eigenvalue weighted by Gasteiger charge is 2.35. The second-order valence-electron chi connectivity index (χ2n) is 9.95. The van der Waals surface area contributed by atoms with E-state index in [9.17, 15) is 18.4 Å². The van der Waals surface area contributed by atoms with Gasteiger partial charge in [0.2, 0.25) is 0 Å². The average Bonchev–Trinajstić information content (AvgIpc) is 3.46. The molecule has 0 bridgehead atoms. The molecule has 1 fully saturated rings. The Morgan fingerprint density at radius 2 is 1.71 bits per heavy atom. The third-order valence-corrected chi connectivity index (χ3v) is 7.35. The molecule has 0 radical (unpaired) electrons. The molecule has 1 atom stereocenters. The minimum Gasteiger partial charge on any atom is -0.497 e. The molecule has 2 aliphatic heterocycles. The third-order valence-electron chi connectivity index (χ3n) is 7.35. The first kappa shape index (κ1) is 28.4. The van der Waals surface area contributed by atoms with Crippen molar-refractivity contribution >= 4 is 17.5 Å². The van der Waals surface area contributed by atoms with Crippen molar-refractivity contribution in [2.24, 2.45) is 5.10 Å². The quantitative estimate of drug-likeness (QED) is 0.392. The number of methoxy groups -OCH3 is 1. The minimum atomic E-state index is -0.647. The fourth-order valence-electron chi connectivity index (χ4n) is 5.02. The van der Waals surface area contributed by atoms with E-state index in [1.807, 2.05) is 24.3 Å². The van der Waals surface area contributed by atoms with Crippen LogP contribution < -0.4 is 4.74 Å². The van der Waals surface area contributed by atoms with Gasteiger partial charge in [-0.15, -0.1) is 0 Å². The van der Waals surface area contributed by atoms with Crippen LogP contribution in [0, 0.1) is 11.6 Å². The van der Waals surface area contributed by atoms with Crippen LogP contribution in [0.3, 0.4) is 0 Å². The van der Waals surface area contributed by atoms with E-state index < -0.39 is 23.7 Å². The van der Waals surface area contributed by atoms with E-state index in [0.717, 1.165) is 5.56 Å². The lowest BCUT2D eigenvalue weighted by atomic mass is 9.98. The number of hydrogen-bond donors (Lipinski definition) is 0.